The number of phosphoric acid groups is 1. The van der Waals surface area contributed by atoms with Crippen molar-refractivity contribution in [3.8, 4) is 0 Å². The van der Waals surface area contributed by atoms with Crippen molar-refractivity contribution in [2.24, 2.45) is 5.73 Å². The number of carbonyl (C=O) groups is 3. The summed E-state index contributed by atoms with van der Waals surface area (Å²) in [5.74, 6) is -2.44. The van der Waals surface area contributed by atoms with Crippen molar-refractivity contribution in [1.29, 1.82) is 0 Å². The van der Waals surface area contributed by atoms with Crippen molar-refractivity contribution in [1.82, 2.24) is 0 Å². The maximum absolute atomic E-state index is 12.6. The second kappa shape index (κ2) is 39.5. The van der Waals surface area contributed by atoms with Gasteiger partial charge >= 0.3 is 47.5 Å². The molecule has 53 heavy (non-hydrogen) atoms. The average molecular weight is 784 g/mol. The molecule has 0 aliphatic rings. The van der Waals surface area contributed by atoms with Gasteiger partial charge in [0, 0.05) is 12.8 Å². The van der Waals surface area contributed by atoms with Gasteiger partial charge in [0.25, 0.3) is 7.82 Å². The molecule has 0 saturated carbocycles. The number of rotatable bonds is 39. The molecule has 0 radical (unpaired) electrons. The first kappa shape index (κ1) is 54.3. The first-order valence-corrected chi connectivity index (χ1v) is 22.2. The molecule has 0 aliphatic carbocycles. The zero-order chi connectivity index (χ0) is 38.5. The van der Waals surface area contributed by atoms with Crippen LogP contribution in [0.15, 0.2) is 12.2 Å². The second-order valence-corrected chi connectivity index (χ2v) is 15.5. The molecule has 0 aromatic rings. The van der Waals surface area contributed by atoms with Gasteiger partial charge in [0.2, 0.25) is 0 Å². The number of carboxylic acids is 1. The number of allylic oxidation sites excluding steroid dienone is 2. The number of carboxylic acid groups (broad SMARTS) is 1. The Balaban J connectivity index is 0. The Morgan fingerprint density at radius 2 is 0.981 bits per heavy atom. The fraction of sp³-hybridized carbons (Fsp3) is 0.875. The summed E-state index contributed by atoms with van der Waals surface area (Å²) in [6, 6.07) is -1.56. The van der Waals surface area contributed by atoms with Crippen LogP contribution in [-0.4, -0.2) is 55.0 Å². The number of ether oxygens (including phenoxy) is 2. The minimum absolute atomic E-state index is 0. The predicted octanol–water partition coefficient (Wildman–Crippen LogP) is 6.88. The quantitative estimate of drug-likeness (QED) is 0.0219. The normalized spacial score (nSPS) is 13.7. The van der Waals surface area contributed by atoms with E-state index < -0.39 is 51.1 Å². The molecule has 11 nitrogen and oxygen atoms in total. The molecular weight excluding hydrogens is 708 g/mol. The van der Waals surface area contributed by atoms with Gasteiger partial charge in [-0.1, -0.05) is 154 Å². The molecule has 0 amide bonds. The van der Waals surface area contributed by atoms with Crippen molar-refractivity contribution in [3.05, 3.63) is 12.2 Å². The number of carbonyl (C=O) groups excluding carboxylic acids is 2. The molecule has 0 aliphatic heterocycles. The molecule has 3 N–H and O–H groups in total. The van der Waals surface area contributed by atoms with Gasteiger partial charge < -0.3 is 34.3 Å². The number of nitrogens with two attached hydrogens (primary N) is 1. The number of hydrogen-bond acceptors (Lipinski definition) is 10. The molecule has 0 saturated heterocycles. The van der Waals surface area contributed by atoms with Crippen LogP contribution >= 0.6 is 7.82 Å². The van der Waals surface area contributed by atoms with E-state index in [1.54, 1.807) is 0 Å². The number of aliphatic carboxylic acids is 1. The Morgan fingerprint density at radius 3 is 1.42 bits per heavy atom. The minimum Gasteiger partial charge on any atom is -0.756 e. The van der Waals surface area contributed by atoms with Crippen LogP contribution in [0.1, 0.15) is 194 Å². The molecule has 0 rings (SSSR count). The average Bonchev–Trinajstić information content (AvgIpc) is 3.12. The van der Waals surface area contributed by atoms with Gasteiger partial charge in [0.1, 0.15) is 12.6 Å². The molecule has 0 bridgehead atoms. The molecular formula is C40H75NNaO10P. The monoisotopic (exact) mass is 784 g/mol. The van der Waals surface area contributed by atoms with E-state index in [0.29, 0.717) is 12.8 Å². The van der Waals surface area contributed by atoms with Gasteiger partial charge in [-0.05, 0) is 38.5 Å². The fourth-order valence-electron chi connectivity index (χ4n) is 5.70. The summed E-state index contributed by atoms with van der Waals surface area (Å²) in [6.07, 6.45) is 33.9. The standard InChI is InChI=1S/C40H76NO10P.Na/c1-3-5-7-9-11-13-15-17-18-20-22-24-26-28-30-32-39(43)51-36(34-49-52(46,47)50-35-37(41)40(44)45)33-48-38(42)31-29-27-25-23-21-19-16-14-12-10-8-6-4-2;/h17-18,36-37H,3-16,19-35,41H2,1-2H3,(H,44,45)(H,46,47);/q;+1/p-1/b18-17-;/t36-,37+;/m1./s1. The van der Waals surface area contributed by atoms with Crippen LogP contribution in [0.3, 0.4) is 0 Å². The number of unbranched alkanes of at least 4 members (excludes halogenated alkanes) is 23. The zero-order valence-electron chi connectivity index (χ0n) is 33.9. The van der Waals surface area contributed by atoms with Crippen LogP contribution in [0.25, 0.3) is 0 Å². The Labute approximate surface area is 344 Å². The van der Waals surface area contributed by atoms with Gasteiger partial charge in [0.15, 0.2) is 6.10 Å². The third-order valence-electron chi connectivity index (χ3n) is 9.00. The smallest absolute Gasteiger partial charge is 0.756 e. The van der Waals surface area contributed by atoms with Crippen molar-refractivity contribution in [3.63, 3.8) is 0 Å². The number of hydrogen-bond donors (Lipinski definition) is 2. The summed E-state index contributed by atoms with van der Waals surface area (Å²) in [5.41, 5.74) is 5.29. The molecule has 1 unspecified atom stereocenters. The maximum atomic E-state index is 12.6. The Kier molecular flexibility index (Phi) is 40.4. The molecule has 13 heteroatoms. The SMILES string of the molecule is CCCCCCCC/C=C\CCCCCCCC(=O)O[C@H](COC(=O)CCCCCCCCCCCCCCC)COP(=O)([O-])OC[C@H](N)C(=O)O.[Na+]. The van der Waals surface area contributed by atoms with E-state index in [9.17, 15) is 23.8 Å². The Morgan fingerprint density at radius 1 is 0.604 bits per heavy atom. The van der Waals surface area contributed by atoms with Crippen LogP contribution in [0, 0.1) is 0 Å². The Hall–Kier alpha value is -0.780. The first-order chi connectivity index (χ1) is 25.1. The number of esters is 2. The van der Waals surface area contributed by atoms with Gasteiger partial charge in [-0.3, -0.25) is 18.9 Å². The molecule has 0 aromatic heterocycles. The third-order valence-corrected chi connectivity index (χ3v) is 9.93. The summed E-state index contributed by atoms with van der Waals surface area (Å²) < 4.78 is 32.2. The Bertz CT molecular complexity index is 954. The summed E-state index contributed by atoms with van der Waals surface area (Å²) in [5, 5.41) is 8.85. The molecule has 3 atom stereocenters. The molecule has 0 spiro atoms. The summed E-state index contributed by atoms with van der Waals surface area (Å²) in [4.78, 5) is 48.0. The zero-order valence-corrected chi connectivity index (χ0v) is 36.8. The van der Waals surface area contributed by atoms with E-state index >= 15 is 0 Å². The number of phosphoric ester groups is 1. The largest absolute Gasteiger partial charge is 1.00 e. The van der Waals surface area contributed by atoms with Crippen LogP contribution in [0.4, 0.5) is 0 Å². The van der Waals surface area contributed by atoms with Gasteiger partial charge in [-0.25, -0.2) is 0 Å². The summed E-state index contributed by atoms with van der Waals surface area (Å²) in [6.45, 7) is 2.64. The van der Waals surface area contributed by atoms with E-state index in [1.807, 2.05) is 0 Å². The van der Waals surface area contributed by atoms with Gasteiger partial charge in [0.05, 0.1) is 13.2 Å². The minimum atomic E-state index is -4.96. The summed E-state index contributed by atoms with van der Waals surface area (Å²) in [7, 11) is -4.96. The predicted molar refractivity (Wildman–Crippen MR) is 206 cm³/mol. The second-order valence-electron chi connectivity index (χ2n) is 14.1. The van der Waals surface area contributed by atoms with Crippen LogP contribution in [0.2, 0.25) is 0 Å². The molecule has 0 heterocycles. The fourth-order valence-corrected chi connectivity index (χ4v) is 6.47. The molecule has 0 aromatic carbocycles. The molecule has 0 fully saturated rings. The molecule has 306 valence electrons. The summed E-state index contributed by atoms with van der Waals surface area (Å²) >= 11 is 0. The van der Waals surface area contributed by atoms with E-state index in [0.717, 1.165) is 57.8 Å². The van der Waals surface area contributed by atoms with Crippen LogP contribution in [0.5, 0.6) is 0 Å². The van der Waals surface area contributed by atoms with E-state index in [2.05, 4.69) is 30.5 Å². The topological polar surface area (TPSA) is 175 Å². The van der Waals surface area contributed by atoms with Crippen LogP contribution in [-0.2, 0) is 37.5 Å². The van der Waals surface area contributed by atoms with E-state index in [1.165, 1.54) is 96.3 Å². The third kappa shape index (κ3) is 39.3. The van der Waals surface area contributed by atoms with E-state index in [-0.39, 0.29) is 49.0 Å². The van der Waals surface area contributed by atoms with Crippen molar-refractivity contribution < 1.29 is 77.0 Å². The van der Waals surface area contributed by atoms with Gasteiger partial charge in [-0.15, -0.1) is 0 Å². The van der Waals surface area contributed by atoms with Crippen molar-refractivity contribution >= 4 is 25.7 Å². The maximum Gasteiger partial charge on any atom is 1.00 e. The van der Waals surface area contributed by atoms with Crippen molar-refractivity contribution in [2.45, 2.75) is 206 Å². The van der Waals surface area contributed by atoms with Crippen molar-refractivity contribution in [2.75, 3.05) is 19.8 Å². The van der Waals surface area contributed by atoms with Crippen LogP contribution < -0.4 is 40.2 Å². The van der Waals surface area contributed by atoms with Gasteiger partial charge in [-0.2, -0.15) is 0 Å². The van der Waals surface area contributed by atoms with E-state index in [4.69, 9.17) is 24.8 Å². The first-order valence-electron chi connectivity index (χ1n) is 20.7.